The number of ether oxygens (including phenoxy) is 11. The molecule has 1 unspecified atom stereocenters. The van der Waals surface area contributed by atoms with Crippen LogP contribution in [0.15, 0.2) is 173 Å². The van der Waals surface area contributed by atoms with Gasteiger partial charge in [0.2, 0.25) is 5.75 Å². The molecule has 8 bridgehead atoms. The number of aliphatic hydroxyl groups is 1. The van der Waals surface area contributed by atoms with Gasteiger partial charge in [-0.2, -0.15) is 0 Å². The summed E-state index contributed by atoms with van der Waals surface area (Å²) in [5.74, 6) is 5.21. The zero-order chi connectivity index (χ0) is 106. The van der Waals surface area contributed by atoms with Crippen LogP contribution in [0.4, 0.5) is 0 Å². The summed E-state index contributed by atoms with van der Waals surface area (Å²) in [6, 6.07) is 22.7. The van der Waals surface area contributed by atoms with Crippen molar-refractivity contribution in [1.82, 2.24) is 5.32 Å². The Morgan fingerprint density at radius 1 is 0.340 bits per heavy atom. The highest BCUT2D eigenvalue weighted by Crippen LogP contribution is 2.49. The summed E-state index contributed by atoms with van der Waals surface area (Å²) < 4.78 is 75.1. The molecule has 150 heavy (non-hydrogen) atoms. The third-order valence-corrected chi connectivity index (χ3v) is 31.3. The summed E-state index contributed by atoms with van der Waals surface area (Å²) in [5, 5.41) is 16.0. The number of benzene rings is 4. The first-order valence-electron chi connectivity index (χ1n) is 61.5. The van der Waals surface area contributed by atoms with Gasteiger partial charge in [-0.05, 0) is 183 Å². The van der Waals surface area contributed by atoms with E-state index < -0.39 is 0 Å². The molecule has 1 fully saturated rings. The van der Waals surface area contributed by atoms with Crippen LogP contribution < -0.4 is 47.9 Å². The molecular weight excluding hydrogens is 1860 g/mol. The lowest BCUT2D eigenvalue weighted by molar-refractivity contribution is -0.145. The number of aliphatic hydroxyl groups excluding tert-OH is 1. The molecule has 5 heterocycles. The van der Waals surface area contributed by atoms with Gasteiger partial charge >= 0.3 is 5.97 Å². The Bertz CT molecular complexity index is 4830. The summed E-state index contributed by atoms with van der Waals surface area (Å²) in [6.07, 6.45) is 82.5. The molecule has 1 aliphatic carbocycles. The second-order valence-electron chi connectivity index (χ2n) is 44.0. The molecule has 0 saturated carbocycles. The molecule has 0 amide bonds. The molecule has 0 radical (unpaired) electrons. The molecule has 4 aromatic rings. The highest BCUT2D eigenvalue weighted by atomic mass is 16.6. The van der Waals surface area contributed by atoms with E-state index in [4.69, 9.17) is 67.1 Å². The number of methoxy groups -OCH3 is 1. The average Bonchev–Trinajstić information content (AvgIpc) is 1.58. The Labute approximate surface area is 910 Å². The molecule has 4 aromatic carbocycles. The Morgan fingerprint density at radius 2 is 0.660 bits per heavy atom. The minimum Gasteiger partial charge on any atom is -0.511 e. The number of nitrogens with zero attached hydrogens (tertiary/aromatic N) is 3. The van der Waals surface area contributed by atoms with Crippen molar-refractivity contribution in [2.24, 2.45) is 26.8 Å². The van der Waals surface area contributed by atoms with Crippen LogP contribution in [0.25, 0.3) is 0 Å². The standard InChI is InChI=1S/C133H204N4O13/c1-13-20-26-32-38-44-50-56-62-68-82-141-121-78-74-106(88-124(121)144-85-71-65-59-53-47-41-35-29-23-16-4)97-147-127-91-109(100-149-129(139)81-77-111-103(9)116-94-114-104(10)113(101-140-12)119(135-114)95-115-102(8)110(19-7)118(134-115)96-117-105(11)130-120(138)93-112(131(111)136-116)132(130)137-117)92-128(148-98-107-75-79-122(142-83-69-63-57-51-45-39-33-27-21-14-2)125(89-107)145-86-72-66-60-54-48-42-36-30-24-17-5)133(127)150-99-108-76-80-123(143-84-70-64-58-52-46-40-34-28-22-15-3)126(90-108)146-87-73-67-61-55-49-43-37-31-25-18-6/h74-76,78-80,88-92,94-96,103,111,136,138H,13-73,77,81-87,93,97-101H2,1-12H3/t103-,111?/m0/s1. The molecule has 17 heteroatoms. The Kier molecular flexibility index (Phi) is 60.8. The predicted molar refractivity (Wildman–Crippen MR) is 626 cm³/mol. The summed E-state index contributed by atoms with van der Waals surface area (Å²) in [5.41, 5.74) is 17.0. The lowest BCUT2D eigenvalue weighted by Gasteiger charge is -2.21. The summed E-state index contributed by atoms with van der Waals surface area (Å²) in [4.78, 5) is 31.2. The van der Waals surface area contributed by atoms with E-state index in [0.717, 1.165) is 202 Å². The van der Waals surface area contributed by atoms with Crippen LogP contribution in [0.1, 0.15) is 509 Å². The molecule has 10 rings (SSSR count). The molecule has 834 valence electrons. The van der Waals surface area contributed by atoms with Gasteiger partial charge in [0.25, 0.3) is 0 Å². The zero-order valence-corrected chi connectivity index (χ0v) is 96.5. The molecule has 0 aromatic heterocycles. The van der Waals surface area contributed by atoms with Gasteiger partial charge in [0, 0.05) is 59.9 Å². The van der Waals surface area contributed by atoms with E-state index in [0.29, 0.717) is 99.2 Å². The maximum Gasteiger partial charge on any atom is 0.306 e. The molecule has 17 nitrogen and oxygen atoms in total. The maximum absolute atomic E-state index is 15.2. The third-order valence-electron chi connectivity index (χ3n) is 31.3. The van der Waals surface area contributed by atoms with Crippen molar-refractivity contribution in [3.63, 3.8) is 0 Å². The number of allylic oxidation sites excluding steroid dienone is 11. The SMILES string of the molecule is CCCCCCCCCCCCOc1ccc(COc2cc(COC(=O)CCC3C4=C5CC(O)=C6C5=NC(=C6C)C=C5N=C(C=C6N=C(C=C(N4)[C@H]3C)C(C)=C6COC)C(C)=C5CC)cc(OCc3ccc(OCCCCCCCCCCCC)c(OCCCCCCCCCCCC)c3)c2OCc2ccc(OCCCCCCCCCCCC)c(OCCCCCCCCCCCC)c2)cc1OCCCCCCCCCCCC. The lowest BCUT2D eigenvalue weighted by atomic mass is 9.86. The average molecular weight is 2070 g/mol. The fourth-order valence-corrected chi connectivity index (χ4v) is 21.8. The fraction of sp³-hybridized carbons (Fsp3) is 0.669. The maximum atomic E-state index is 15.2. The topological polar surface area (TPSA) is 188 Å². The number of esters is 1. The first-order valence-corrected chi connectivity index (χ1v) is 61.5. The summed E-state index contributed by atoms with van der Waals surface area (Å²) >= 11 is 0. The van der Waals surface area contributed by atoms with E-state index in [1.165, 1.54) is 308 Å². The molecule has 1 saturated heterocycles. The van der Waals surface area contributed by atoms with E-state index in [1.807, 2.05) is 19.1 Å². The van der Waals surface area contributed by atoms with Crippen molar-refractivity contribution in [2.45, 2.75) is 514 Å². The summed E-state index contributed by atoms with van der Waals surface area (Å²) in [6.45, 7) is 28.7. The van der Waals surface area contributed by atoms with Crippen molar-refractivity contribution in [2.75, 3.05) is 53.4 Å². The minimum atomic E-state index is -0.363. The Hall–Kier alpha value is -8.96. The fourth-order valence-electron chi connectivity index (χ4n) is 21.8. The van der Waals surface area contributed by atoms with Crippen LogP contribution in [0.2, 0.25) is 0 Å². The van der Waals surface area contributed by atoms with Crippen molar-refractivity contribution < 1.29 is 62.0 Å². The van der Waals surface area contributed by atoms with Gasteiger partial charge in [-0.1, -0.05) is 420 Å². The van der Waals surface area contributed by atoms with Crippen LogP contribution in [-0.4, -0.2) is 81.6 Å². The Balaban J connectivity index is 0.995. The van der Waals surface area contributed by atoms with Gasteiger partial charge in [-0.3, -0.25) is 4.79 Å². The predicted octanol–water partition coefficient (Wildman–Crippen LogP) is 38.4. The first-order chi connectivity index (χ1) is 73.7. The monoisotopic (exact) mass is 2070 g/mol. The molecule has 0 spiro atoms. The number of hydrogen-bond donors (Lipinski definition) is 2. The van der Waals surface area contributed by atoms with Gasteiger partial charge in [-0.25, -0.2) is 15.0 Å². The van der Waals surface area contributed by atoms with E-state index in [1.54, 1.807) is 7.11 Å². The molecule has 2 N–H and O–H groups in total. The van der Waals surface area contributed by atoms with Gasteiger partial charge in [-0.15, -0.1) is 0 Å². The van der Waals surface area contributed by atoms with Crippen LogP contribution in [-0.2, 0) is 40.7 Å². The number of rotatable bonds is 89. The van der Waals surface area contributed by atoms with Crippen molar-refractivity contribution in [1.29, 1.82) is 0 Å². The molecular formula is C133H204N4O13. The zero-order valence-electron chi connectivity index (χ0n) is 96.5. The number of hydrogen-bond acceptors (Lipinski definition) is 17. The molecule has 5 aliphatic heterocycles. The quantitative estimate of drug-likeness (QED) is 0.0314. The van der Waals surface area contributed by atoms with Crippen LogP contribution >= 0.6 is 0 Å². The molecule has 6 aliphatic rings. The Morgan fingerprint density at radius 3 is 1.01 bits per heavy atom. The van der Waals surface area contributed by atoms with E-state index >= 15 is 4.79 Å². The minimum absolute atomic E-state index is 0.0948. The second-order valence-corrected chi connectivity index (χ2v) is 44.0. The highest BCUT2D eigenvalue weighted by molar-refractivity contribution is 6.21. The smallest absolute Gasteiger partial charge is 0.306 e. The van der Waals surface area contributed by atoms with Gasteiger partial charge < -0.3 is 62.5 Å². The number of carbonyl (C=O) groups excluding carboxylic acids is 1. The van der Waals surface area contributed by atoms with Gasteiger partial charge in [0.05, 0.1) is 80.5 Å². The van der Waals surface area contributed by atoms with Gasteiger partial charge in [0.1, 0.15) is 32.2 Å². The lowest BCUT2D eigenvalue weighted by Crippen LogP contribution is -2.16. The molecule has 2 atom stereocenters. The van der Waals surface area contributed by atoms with E-state index in [9.17, 15) is 5.11 Å². The van der Waals surface area contributed by atoms with Crippen molar-refractivity contribution in [3.8, 4) is 51.7 Å². The number of unbranched alkanes of at least 4 members (excludes halogenated alkanes) is 54. The number of nitrogens with one attached hydrogen (secondary N) is 1. The number of aliphatic imine (C=N–C) groups is 3. The van der Waals surface area contributed by atoms with E-state index in [-0.39, 0.29) is 56.4 Å². The van der Waals surface area contributed by atoms with Crippen LogP contribution in [0.3, 0.4) is 0 Å². The van der Waals surface area contributed by atoms with Crippen LogP contribution in [0, 0.1) is 11.8 Å². The van der Waals surface area contributed by atoms with Crippen molar-refractivity contribution >= 4 is 23.1 Å². The van der Waals surface area contributed by atoms with E-state index in [2.05, 4.69) is 147 Å². The second kappa shape index (κ2) is 74.2. The largest absolute Gasteiger partial charge is 0.511 e. The van der Waals surface area contributed by atoms with Crippen LogP contribution in [0.5, 0.6) is 51.7 Å². The van der Waals surface area contributed by atoms with Crippen molar-refractivity contribution in [3.05, 3.63) is 180 Å². The summed E-state index contributed by atoms with van der Waals surface area (Å²) in [7, 11) is 1.73. The van der Waals surface area contributed by atoms with Gasteiger partial charge in [0.15, 0.2) is 46.0 Å². The first kappa shape index (κ1) is 123. The normalized spacial score (nSPS) is 15.3. The number of carbonyl (C=O) groups is 1. The highest BCUT2D eigenvalue weighted by Gasteiger charge is 2.42. The number of fused-ring (bicyclic) bond motifs is 5. The third kappa shape index (κ3) is 43.8.